The molecule has 3 rings (SSSR count). The third kappa shape index (κ3) is 4.09. The third-order valence-electron chi connectivity index (χ3n) is 5.78. The summed E-state index contributed by atoms with van der Waals surface area (Å²) in [5.74, 6) is 0.942. The number of rotatable bonds is 7. The Morgan fingerprint density at radius 2 is 1.71 bits per heavy atom. The highest BCUT2D eigenvalue weighted by molar-refractivity contribution is 6.88. The third-order valence-corrected chi connectivity index (χ3v) is 7.85. The van der Waals surface area contributed by atoms with Gasteiger partial charge < -0.3 is 9.47 Å². The van der Waals surface area contributed by atoms with E-state index < -0.39 is 8.07 Å². The monoisotopic (exact) mass is 398 g/mol. The number of benzene rings is 1. The molecule has 1 aromatic heterocycles. The molecule has 2 unspecified atom stereocenters. The molecule has 1 aromatic carbocycles. The molecule has 2 heterocycles. The minimum absolute atomic E-state index is 0.248. The van der Waals surface area contributed by atoms with E-state index in [-0.39, 0.29) is 6.04 Å². The maximum Gasteiger partial charge on any atom is 0.213 e. The molecule has 0 fully saturated rings. The Labute approximate surface area is 171 Å². The first-order chi connectivity index (χ1) is 13.3. The van der Waals surface area contributed by atoms with Crippen molar-refractivity contribution >= 4 is 13.3 Å². The zero-order chi connectivity index (χ0) is 20.5. The number of pyridine rings is 1. The first kappa shape index (κ1) is 21.2. The fourth-order valence-corrected chi connectivity index (χ4v) is 6.25. The molecule has 3 nitrogen and oxygen atoms in total. The molecule has 0 bridgehead atoms. The van der Waals surface area contributed by atoms with E-state index in [1.54, 1.807) is 19.4 Å². The smallest absolute Gasteiger partial charge is 0.213 e. The molecule has 28 heavy (non-hydrogen) atoms. The van der Waals surface area contributed by atoms with E-state index in [1.807, 2.05) is 0 Å². The summed E-state index contributed by atoms with van der Waals surface area (Å²) >= 11 is 0. The number of hydrogen-bond donors (Lipinski definition) is 0. The summed E-state index contributed by atoms with van der Waals surface area (Å²) in [6.45, 7) is 13.4. The van der Waals surface area contributed by atoms with Gasteiger partial charge in [-0.15, -0.1) is 0 Å². The van der Waals surface area contributed by atoms with E-state index in [2.05, 4.69) is 74.6 Å². The molecule has 4 heteroatoms. The van der Waals surface area contributed by atoms with Gasteiger partial charge in [-0.25, -0.2) is 0 Å². The Balaban J connectivity index is 2.28. The fourth-order valence-electron chi connectivity index (χ4n) is 4.59. The number of hydrogen-bond acceptors (Lipinski definition) is 2. The molecule has 0 radical (unpaired) electrons. The summed E-state index contributed by atoms with van der Waals surface area (Å²) in [6.07, 6.45) is 3.59. The normalized spacial score (nSPS) is 18.9. The topological polar surface area (TPSA) is 22.3 Å². The van der Waals surface area contributed by atoms with E-state index >= 15 is 0 Å². The number of ether oxygens (including phenoxy) is 2. The van der Waals surface area contributed by atoms with Gasteiger partial charge in [-0.1, -0.05) is 51.7 Å². The lowest BCUT2D eigenvalue weighted by atomic mass is 9.83. The average Bonchev–Trinajstić information content (AvgIpc) is 2.63. The zero-order valence-corrected chi connectivity index (χ0v) is 19.6. The molecule has 2 atom stereocenters. The fraction of sp³-hybridized carbons (Fsp3) is 0.542. The van der Waals surface area contributed by atoms with Crippen molar-refractivity contribution in [2.45, 2.75) is 51.9 Å². The van der Waals surface area contributed by atoms with Crippen molar-refractivity contribution in [3.63, 3.8) is 0 Å². The zero-order valence-electron chi connectivity index (χ0n) is 18.6. The Morgan fingerprint density at radius 3 is 2.32 bits per heavy atom. The van der Waals surface area contributed by atoms with Gasteiger partial charge in [0, 0.05) is 31.0 Å². The maximum absolute atomic E-state index is 5.69. The van der Waals surface area contributed by atoms with E-state index in [0.29, 0.717) is 25.0 Å². The number of fused-ring (bicyclic) bond motifs is 3. The van der Waals surface area contributed by atoms with Gasteiger partial charge in [-0.05, 0) is 29.5 Å². The largest absolute Gasteiger partial charge is 0.384 e. The quantitative estimate of drug-likeness (QED) is 0.512. The van der Waals surface area contributed by atoms with Crippen LogP contribution in [0.1, 0.15) is 36.9 Å². The molecule has 0 aliphatic carbocycles. The van der Waals surface area contributed by atoms with Crippen LogP contribution in [0.3, 0.4) is 0 Å². The van der Waals surface area contributed by atoms with Gasteiger partial charge in [-0.3, -0.25) is 0 Å². The van der Waals surface area contributed by atoms with Crippen molar-refractivity contribution < 1.29 is 14.0 Å². The highest BCUT2D eigenvalue weighted by Gasteiger charge is 2.41. The van der Waals surface area contributed by atoms with Gasteiger partial charge in [0.05, 0.1) is 20.6 Å². The highest BCUT2D eigenvalue weighted by Crippen LogP contribution is 2.38. The molecule has 0 saturated carbocycles. The SMILES string of the molecule is COCC1c2ccccc2-c2cc(CC(C)C)c([Si](C)(C)C)c[n+]2C1COC. The Morgan fingerprint density at radius 1 is 1.04 bits per heavy atom. The lowest BCUT2D eigenvalue weighted by molar-refractivity contribution is -0.719. The molecular formula is C24H36NO2Si+. The molecule has 2 aromatic rings. The number of methoxy groups -OCH3 is 2. The summed E-state index contributed by atoms with van der Waals surface area (Å²) in [5.41, 5.74) is 5.56. The van der Waals surface area contributed by atoms with Crippen LogP contribution >= 0.6 is 0 Å². The van der Waals surface area contributed by atoms with Crippen molar-refractivity contribution in [3.05, 3.63) is 47.7 Å². The second kappa shape index (κ2) is 8.48. The number of aromatic nitrogens is 1. The van der Waals surface area contributed by atoms with Crippen LogP contribution in [0.25, 0.3) is 11.3 Å². The van der Waals surface area contributed by atoms with Gasteiger partial charge >= 0.3 is 0 Å². The minimum Gasteiger partial charge on any atom is -0.384 e. The van der Waals surface area contributed by atoms with Gasteiger partial charge in [0.25, 0.3) is 0 Å². The molecule has 0 spiro atoms. The van der Waals surface area contributed by atoms with E-state index in [0.717, 1.165) is 6.42 Å². The standard InChI is InChI=1S/C24H36NO2Si/c1-17(2)12-18-13-22-20-11-9-8-10-19(20)21(15-26-3)23(16-27-4)25(22)14-24(18)28(5,6)7/h8-11,13-14,17,21,23H,12,15-16H2,1-7H3/q+1. The Hall–Kier alpha value is -1.49. The molecule has 1 aliphatic heterocycles. The van der Waals surface area contributed by atoms with Crippen LogP contribution in [0.2, 0.25) is 19.6 Å². The van der Waals surface area contributed by atoms with Crippen LogP contribution in [0.15, 0.2) is 36.5 Å². The van der Waals surface area contributed by atoms with Gasteiger partial charge in [-0.2, -0.15) is 4.57 Å². The van der Waals surface area contributed by atoms with Crippen LogP contribution in [-0.4, -0.2) is 35.5 Å². The van der Waals surface area contributed by atoms with Crippen LogP contribution in [-0.2, 0) is 15.9 Å². The lowest BCUT2D eigenvalue weighted by Crippen LogP contribution is -2.55. The molecule has 0 saturated heterocycles. The predicted octanol–water partition coefficient (Wildman–Crippen LogP) is 4.32. The summed E-state index contributed by atoms with van der Waals surface area (Å²) in [6, 6.07) is 11.5. The molecule has 152 valence electrons. The Kier molecular flexibility index (Phi) is 6.43. The summed E-state index contributed by atoms with van der Waals surface area (Å²) in [5, 5.41) is 1.57. The second-order valence-corrected chi connectivity index (χ2v) is 14.6. The van der Waals surface area contributed by atoms with Crippen molar-refractivity contribution in [2.24, 2.45) is 5.92 Å². The Bertz CT molecular complexity index is 826. The lowest BCUT2D eigenvalue weighted by Gasteiger charge is -2.32. The van der Waals surface area contributed by atoms with Gasteiger partial charge in [0.2, 0.25) is 5.69 Å². The van der Waals surface area contributed by atoms with Crippen molar-refractivity contribution in [2.75, 3.05) is 27.4 Å². The predicted molar refractivity (Wildman–Crippen MR) is 119 cm³/mol. The van der Waals surface area contributed by atoms with E-state index in [9.17, 15) is 0 Å². The van der Waals surface area contributed by atoms with Gasteiger partial charge in [0.1, 0.15) is 6.61 Å². The van der Waals surface area contributed by atoms with Crippen LogP contribution in [0.4, 0.5) is 0 Å². The first-order valence-electron chi connectivity index (χ1n) is 10.4. The van der Waals surface area contributed by atoms with Crippen LogP contribution in [0, 0.1) is 5.92 Å². The van der Waals surface area contributed by atoms with Crippen molar-refractivity contribution in [1.82, 2.24) is 0 Å². The minimum atomic E-state index is -1.48. The average molecular weight is 399 g/mol. The molecule has 0 amide bonds. The van der Waals surface area contributed by atoms with Crippen LogP contribution < -0.4 is 9.75 Å². The first-order valence-corrected chi connectivity index (χ1v) is 13.9. The molecule has 0 N–H and O–H groups in total. The maximum atomic E-state index is 5.69. The summed E-state index contributed by atoms with van der Waals surface area (Å²) < 4.78 is 13.8. The summed E-state index contributed by atoms with van der Waals surface area (Å²) in [7, 11) is 2.12. The highest BCUT2D eigenvalue weighted by atomic mass is 28.3. The van der Waals surface area contributed by atoms with Crippen LogP contribution in [0.5, 0.6) is 0 Å². The van der Waals surface area contributed by atoms with E-state index in [4.69, 9.17) is 9.47 Å². The molecule has 1 aliphatic rings. The van der Waals surface area contributed by atoms with E-state index in [1.165, 1.54) is 22.4 Å². The van der Waals surface area contributed by atoms with Crippen molar-refractivity contribution in [1.29, 1.82) is 0 Å². The number of nitrogens with zero attached hydrogens (tertiary/aromatic N) is 1. The van der Waals surface area contributed by atoms with Crippen molar-refractivity contribution in [3.8, 4) is 11.3 Å². The molecular weight excluding hydrogens is 362 g/mol. The van der Waals surface area contributed by atoms with Gasteiger partial charge in [0.15, 0.2) is 12.2 Å². The second-order valence-electron chi connectivity index (χ2n) is 9.52. The summed E-state index contributed by atoms with van der Waals surface area (Å²) in [4.78, 5) is 0.